The molecule has 1 aromatic carbocycles. The van der Waals surface area contributed by atoms with Crippen LogP contribution in [0.4, 0.5) is 0 Å². The summed E-state index contributed by atoms with van der Waals surface area (Å²) >= 11 is 0. The van der Waals surface area contributed by atoms with E-state index in [-0.39, 0.29) is 5.97 Å². The number of ether oxygens (including phenoxy) is 1. The average Bonchev–Trinajstić information content (AvgIpc) is 2.45. The molecule has 0 aliphatic heterocycles. The van der Waals surface area contributed by atoms with Gasteiger partial charge in [0.25, 0.3) is 0 Å². The second kappa shape index (κ2) is 10.1. The maximum atomic E-state index is 10.2. The Morgan fingerprint density at radius 3 is 2.05 bits per heavy atom. The van der Waals surface area contributed by atoms with Gasteiger partial charge in [-0.25, -0.2) is 4.79 Å². The fourth-order valence-electron chi connectivity index (χ4n) is 1.41. The van der Waals surface area contributed by atoms with E-state index in [9.17, 15) is 4.79 Å². The highest BCUT2D eigenvalue weighted by molar-refractivity contribution is 5.86. The van der Waals surface area contributed by atoms with Crippen LogP contribution in [0.1, 0.15) is 39.2 Å². The third-order valence-corrected chi connectivity index (χ3v) is 2.61. The highest BCUT2D eigenvalue weighted by Gasteiger charge is 1.95. The molecule has 0 N–H and O–H groups in total. The van der Waals surface area contributed by atoms with Gasteiger partial charge in [-0.3, -0.25) is 0 Å². The maximum absolute atomic E-state index is 10.2. The average molecular weight is 260 g/mol. The molecule has 2 heteroatoms. The monoisotopic (exact) mass is 260 g/mol. The highest BCUT2D eigenvalue weighted by atomic mass is 16.5. The number of carbonyl (C=O) groups is 1. The van der Waals surface area contributed by atoms with Crippen molar-refractivity contribution in [2.24, 2.45) is 0 Å². The minimum Gasteiger partial charge on any atom is -0.466 e. The van der Waals surface area contributed by atoms with Gasteiger partial charge >= 0.3 is 5.97 Å². The van der Waals surface area contributed by atoms with Crippen LogP contribution in [0.25, 0.3) is 6.08 Å². The van der Waals surface area contributed by atoms with Crippen LogP contribution in [0.3, 0.4) is 0 Å². The summed E-state index contributed by atoms with van der Waals surface area (Å²) in [6, 6.07) is 10.5. The van der Waals surface area contributed by atoms with Crippen molar-refractivity contribution < 1.29 is 9.53 Å². The highest BCUT2D eigenvalue weighted by Crippen LogP contribution is 2.11. The quantitative estimate of drug-likeness (QED) is 0.583. The molecule has 0 saturated carbocycles. The molecule has 0 atom stereocenters. The zero-order valence-electron chi connectivity index (χ0n) is 12.4. The second-order valence-corrected chi connectivity index (χ2v) is 4.19. The molecule has 0 aromatic heterocycles. The van der Waals surface area contributed by atoms with Crippen LogP contribution in [-0.4, -0.2) is 13.1 Å². The lowest BCUT2D eigenvalue weighted by molar-refractivity contribution is -0.136. The molecule has 1 aromatic rings. The Kier molecular flexibility index (Phi) is 9.15. The van der Waals surface area contributed by atoms with E-state index in [2.05, 4.69) is 61.6 Å². The predicted molar refractivity (Wildman–Crippen MR) is 81.8 cm³/mol. The predicted octanol–water partition coefficient (Wildman–Crippen LogP) is 4.63. The van der Waals surface area contributed by atoms with Crippen LogP contribution in [-0.2, 0) is 9.53 Å². The van der Waals surface area contributed by atoms with Crippen molar-refractivity contribution in [2.75, 3.05) is 7.11 Å². The van der Waals surface area contributed by atoms with Crippen LogP contribution in [0.2, 0.25) is 0 Å². The molecule has 0 radical (unpaired) electrons. The van der Waals surface area contributed by atoms with E-state index in [0.717, 1.165) is 12.8 Å². The van der Waals surface area contributed by atoms with Gasteiger partial charge < -0.3 is 4.74 Å². The van der Waals surface area contributed by atoms with Crippen LogP contribution < -0.4 is 0 Å². The third kappa shape index (κ3) is 7.98. The summed E-state index contributed by atoms with van der Waals surface area (Å²) in [4.78, 5) is 10.2. The summed E-state index contributed by atoms with van der Waals surface area (Å²) in [6.07, 6.45) is 4.59. The first-order chi connectivity index (χ1) is 9.04. The zero-order chi connectivity index (χ0) is 14.7. The molecule has 0 aliphatic rings. The lowest BCUT2D eigenvalue weighted by Crippen LogP contribution is -1.98. The Balaban J connectivity index is 0.000000399. The molecule has 0 bridgehead atoms. The molecule has 0 heterocycles. The summed E-state index contributed by atoms with van der Waals surface area (Å²) in [5.74, 6) is -0.347. The Morgan fingerprint density at radius 1 is 1.21 bits per heavy atom. The van der Waals surface area contributed by atoms with Gasteiger partial charge in [-0.15, -0.1) is 0 Å². The van der Waals surface area contributed by atoms with E-state index >= 15 is 0 Å². The van der Waals surface area contributed by atoms with Gasteiger partial charge in [-0.05, 0) is 25.3 Å². The smallest absolute Gasteiger partial charge is 0.332 e. The molecule has 19 heavy (non-hydrogen) atoms. The molecule has 0 aliphatic carbocycles. The van der Waals surface area contributed by atoms with Gasteiger partial charge in [0.2, 0.25) is 0 Å². The Bertz CT molecular complexity index is 410. The fourth-order valence-corrected chi connectivity index (χ4v) is 1.41. The number of benzene rings is 1. The molecule has 1 rings (SSSR count). The standard InChI is InChI=1S/C12H16.C5H8O2/c1-3-11(4-2)10-12-8-6-5-7-9-12;1-4(2)5(6)7-3/h5-10H,3-4H2,1-2H3;1H2,2-3H3. The molecule has 0 saturated heterocycles. The van der Waals surface area contributed by atoms with Crippen molar-refractivity contribution in [1.29, 1.82) is 0 Å². The van der Waals surface area contributed by atoms with Crippen molar-refractivity contribution in [3.8, 4) is 0 Å². The zero-order valence-corrected chi connectivity index (χ0v) is 12.4. The number of hydrogen-bond donors (Lipinski definition) is 0. The van der Waals surface area contributed by atoms with Crippen molar-refractivity contribution in [1.82, 2.24) is 0 Å². The first-order valence-corrected chi connectivity index (χ1v) is 6.53. The summed E-state index contributed by atoms with van der Waals surface area (Å²) in [5.41, 5.74) is 3.26. The van der Waals surface area contributed by atoms with Gasteiger partial charge in [0.05, 0.1) is 7.11 Å². The van der Waals surface area contributed by atoms with Gasteiger partial charge in [-0.1, -0.05) is 62.4 Å². The molecule has 0 spiro atoms. The molecule has 0 unspecified atom stereocenters. The molecular formula is C17H24O2. The summed E-state index contributed by atoms with van der Waals surface area (Å²) in [5, 5.41) is 0. The van der Waals surface area contributed by atoms with E-state index in [4.69, 9.17) is 0 Å². The fraction of sp³-hybridized carbons (Fsp3) is 0.353. The van der Waals surface area contributed by atoms with Crippen molar-refractivity contribution in [3.05, 3.63) is 53.6 Å². The number of methoxy groups -OCH3 is 1. The van der Waals surface area contributed by atoms with Gasteiger partial charge in [0, 0.05) is 5.57 Å². The molecule has 2 nitrogen and oxygen atoms in total. The summed E-state index contributed by atoms with van der Waals surface area (Å²) in [6.45, 7) is 9.37. The Labute approximate surface area is 116 Å². The van der Waals surface area contributed by atoms with E-state index in [1.165, 1.54) is 18.2 Å². The minimum atomic E-state index is -0.347. The SMILES string of the molecule is C=C(C)C(=O)OC.CCC(=Cc1ccccc1)CC. The molecule has 0 fully saturated rings. The number of carbonyl (C=O) groups excluding carboxylic acids is 1. The van der Waals surface area contributed by atoms with Crippen molar-refractivity contribution in [3.63, 3.8) is 0 Å². The van der Waals surface area contributed by atoms with E-state index in [1.807, 2.05) is 0 Å². The molecule has 104 valence electrons. The van der Waals surface area contributed by atoms with Crippen LogP contribution in [0.5, 0.6) is 0 Å². The van der Waals surface area contributed by atoms with Gasteiger partial charge in [0.15, 0.2) is 0 Å². The normalized spacial score (nSPS) is 8.84. The topological polar surface area (TPSA) is 26.3 Å². The first-order valence-electron chi connectivity index (χ1n) is 6.53. The number of hydrogen-bond acceptors (Lipinski definition) is 2. The van der Waals surface area contributed by atoms with Gasteiger partial charge in [-0.2, -0.15) is 0 Å². The largest absolute Gasteiger partial charge is 0.466 e. The first kappa shape index (κ1) is 17.2. The van der Waals surface area contributed by atoms with Crippen molar-refractivity contribution in [2.45, 2.75) is 33.6 Å². The second-order valence-electron chi connectivity index (χ2n) is 4.19. The van der Waals surface area contributed by atoms with E-state index < -0.39 is 0 Å². The minimum absolute atomic E-state index is 0.347. The molecule has 0 amide bonds. The molecular weight excluding hydrogens is 236 g/mol. The maximum Gasteiger partial charge on any atom is 0.332 e. The lowest BCUT2D eigenvalue weighted by atomic mass is 10.1. The summed E-state index contributed by atoms with van der Waals surface area (Å²) in [7, 11) is 1.33. The lowest BCUT2D eigenvalue weighted by Gasteiger charge is -1.99. The van der Waals surface area contributed by atoms with Crippen LogP contribution in [0.15, 0.2) is 48.1 Å². The van der Waals surface area contributed by atoms with E-state index in [1.54, 1.807) is 6.92 Å². The van der Waals surface area contributed by atoms with Crippen LogP contribution >= 0.6 is 0 Å². The Hall–Kier alpha value is -1.83. The van der Waals surface area contributed by atoms with Crippen LogP contribution in [0, 0.1) is 0 Å². The van der Waals surface area contributed by atoms with Crippen molar-refractivity contribution >= 4 is 12.0 Å². The van der Waals surface area contributed by atoms with E-state index in [0.29, 0.717) is 5.57 Å². The summed E-state index contributed by atoms with van der Waals surface area (Å²) < 4.78 is 4.27. The third-order valence-electron chi connectivity index (χ3n) is 2.61. The Morgan fingerprint density at radius 2 is 1.74 bits per heavy atom. The number of rotatable bonds is 4. The number of allylic oxidation sites excluding steroid dienone is 1. The number of esters is 1. The van der Waals surface area contributed by atoms with Gasteiger partial charge in [0.1, 0.15) is 0 Å².